The number of primary amides is 1. The Morgan fingerprint density at radius 1 is 1.23 bits per heavy atom. The number of aromatic nitrogens is 2. The standard InChI is InChI=1S/C19H17F2N5O2S.C4H8F2/c20-11-2-3-14(16(6-11)28-9-17(22)27)25-19-18-13(21)7-12(26-29-4-1-5-29)8-15(18)23-10-24-19;1-3-4(2,5)6/h2-3,6-8,10H,1,4-5,9H2,(H2,22,27)(H,23,24,25);3H2,1-2H3. The van der Waals surface area contributed by atoms with Crippen molar-refractivity contribution in [2.45, 2.75) is 32.6 Å². The number of fused-ring (bicyclic) bond motifs is 1. The molecule has 0 radical (unpaired) electrons. The lowest BCUT2D eigenvalue weighted by Gasteiger charge is -2.16. The smallest absolute Gasteiger partial charge is 0.255 e. The Balaban J connectivity index is 0.000000509. The zero-order valence-electron chi connectivity index (χ0n) is 19.2. The van der Waals surface area contributed by atoms with E-state index in [1.165, 1.54) is 31.5 Å². The van der Waals surface area contributed by atoms with Gasteiger partial charge in [0.2, 0.25) is 5.92 Å². The highest BCUT2D eigenvalue weighted by molar-refractivity contribution is 7.88. The van der Waals surface area contributed by atoms with Crippen LogP contribution in [0.25, 0.3) is 10.9 Å². The van der Waals surface area contributed by atoms with Crippen molar-refractivity contribution in [3.8, 4) is 5.75 Å². The van der Waals surface area contributed by atoms with Gasteiger partial charge in [0.15, 0.2) is 6.61 Å². The summed E-state index contributed by atoms with van der Waals surface area (Å²) in [7, 11) is -0.0376. The molecule has 12 heteroatoms. The summed E-state index contributed by atoms with van der Waals surface area (Å²) in [6.07, 6.45) is 2.39. The molecule has 1 saturated heterocycles. The van der Waals surface area contributed by atoms with Crippen molar-refractivity contribution < 1.29 is 27.1 Å². The van der Waals surface area contributed by atoms with Crippen LogP contribution in [0.5, 0.6) is 5.75 Å². The molecule has 0 bridgehead atoms. The van der Waals surface area contributed by atoms with E-state index < -0.39 is 30.1 Å². The first-order valence-electron chi connectivity index (χ1n) is 10.7. The van der Waals surface area contributed by atoms with Gasteiger partial charge in [0, 0.05) is 30.1 Å². The van der Waals surface area contributed by atoms with Crippen LogP contribution in [0.3, 0.4) is 0 Å². The minimum Gasteiger partial charge on any atom is -0.481 e. The Morgan fingerprint density at radius 3 is 2.54 bits per heavy atom. The zero-order chi connectivity index (χ0) is 25.6. The number of alkyl halides is 2. The number of amides is 1. The van der Waals surface area contributed by atoms with Gasteiger partial charge in [-0.15, -0.1) is 0 Å². The van der Waals surface area contributed by atoms with Crippen molar-refractivity contribution in [3.63, 3.8) is 0 Å². The SMILES string of the molecule is CCC(C)(F)F.NC(=O)COc1cc(F)ccc1Nc1ncnc2cc(N=S3CCC3)cc(F)c12. The van der Waals surface area contributed by atoms with Crippen LogP contribution < -0.4 is 15.8 Å². The molecule has 35 heavy (non-hydrogen) atoms. The van der Waals surface area contributed by atoms with Crippen molar-refractivity contribution in [1.82, 2.24) is 9.97 Å². The molecule has 1 amide bonds. The Labute approximate surface area is 202 Å². The topological polar surface area (TPSA) is 102 Å². The van der Waals surface area contributed by atoms with E-state index >= 15 is 0 Å². The summed E-state index contributed by atoms with van der Waals surface area (Å²) in [5.74, 6) is -1.94. The molecule has 0 unspecified atom stereocenters. The molecular formula is C23H25F4N5O2S. The number of nitrogens with zero attached hydrogens (tertiary/aromatic N) is 3. The van der Waals surface area contributed by atoms with Gasteiger partial charge in [-0.1, -0.05) is 17.6 Å². The molecule has 1 fully saturated rings. The number of nitrogens with one attached hydrogen (secondary N) is 1. The lowest BCUT2D eigenvalue weighted by Crippen LogP contribution is -2.20. The maximum Gasteiger partial charge on any atom is 0.255 e. The molecule has 2 heterocycles. The van der Waals surface area contributed by atoms with Crippen molar-refractivity contribution in [3.05, 3.63) is 48.3 Å². The molecule has 3 aromatic rings. The number of carbonyl (C=O) groups is 1. The van der Waals surface area contributed by atoms with Crippen molar-refractivity contribution in [2.24, 2.45) is 10.1 Å². The van der Waals surface area contributed by atoms with E-state index in [1.54, 1.807) is 6.07 Å². The number of halogens is 4. The van der Waals surface area contributed by atoms with Crippen molar-refractivity contribution in [2.75, 3.05) is 23.4 Å². The molecule has 188 valence electrons. The molecule has 1 aliphatic heterocycles. The van der Waals surface area contributed by atoms with Crippen molar-refractivity contribution >= 4 is 44.7 Å². The molecule has 0 aliphatic carbocycles. The van der Waals surface area contributed by atoms with Gasteiger partial charge in [0.25, 0.3) is 5.91 Å². The summed E-state index contributed by atoms with van der Waals surface area (Å²) >= 11 is 0. The van der Waals surface area contributed by atoms with Gasteiger partial charge in [0.1, 0.15) is 29.5 Å². The quantitative estimate of drug-likeness (QED) is 0.413. The van der Waals surface area contributed by atoms with E-state index in [9.17, 15) is 22.4 Å². The summed E-state index contributed by atoms with van der Waals surface area (Å²) in [6, 6.07) is 6.78. The number of hydrogen-bond donors (Lipinski definition) is 2. The first-order valence-corrected chi connectivity index (χ1v) is 12.3. The lowest BCUT2D eigenvalue weighted by atomic mass is 10.2. The highest BCUT2D eigenvalue weighted by Gasteiger charge is 2.16. The van der Waals surface area contributed by atoms with Crippen molar-refractivity contribution in [1.29, 1.82) is 0 Å². The van der Waals surface area contributed by atoms with Gasteiger partial charge in [0.05, 0.1) is 22.3 Å². The second-order valence-corrected chi connectivity index (χ2v) is 9.73. The number of nitrogens with two attached hydrogens (primary N) is 1. The average molecular weight is 512 g/mol. The molecule has 3 N–H and O–H groups in total. The Hall–Kier alpha value is -3.28. The Morgan fingerprint density at radius 2 is 1.94 bits per heavy atom. The molecule has 1 aromatic heterocycles. The number of hydrogen-bond acceptors (Lipinski definition) is 6. The third-order valence-electron chi connectivity index (χ3n) is 4.86. The highest BCUT2D eigenvalue weighted by Crippen LogP contribution is 2.33. The second kappa shape index (κ2) is 11.4. The van der Waals surface area contributed by atoms with Gasteiger partial charge >= 0.3 is 0 Å². The van der Waals surface area contributed by atoms with Crippen LogP contribution in [0.1, 0.15) is 26.7 Å². The molecule has 4 rings (SSSR count). The van der Waals surface area contributed by atoms with Gasteiger partial charge in [-0.25, -0.2) is 31.9 Å². The van der Waals surface area contributed by atoms with Crippen LogP contribution in [0, 0.1) is 11.6 Å². The molecule has 1 aliphatic rings. The Kier molecular flexibility index (Phi) is 8.60. The summed E-state index contributed by atoms with van der Waals surface area (Å²) in [5, 5.41) is 3.10. The lowest BCUT2D eigenvalue weighted by molar-refractivity contribution is -0.119. The van der Waals surface area contributed by atoms with E-state index in [1.807, 2.05) is 0 Å². The van der Waals surface area contributed by atoms with Crippen LogP contribution in [0.15, 0.2) is 41.0 Å². The maximum absolute atomic E-state index is 14.9. The molecule has 2 aromatic carbocycles. The summed E-state index contributed by atoms with van der Waals surface area (Å²) in [4.78, 5) is 19.2. The largest absolute Gasteiger partial charge is 0.481 e. The summed E-state index contributed by atoms with van der Waals surface area (Å²) in [5.41, 5.74) is 6.33. The molecular weight excluding hydrogens is 486 g/mol. The van der Waals surface area contributed by atoms with E-state index in [2.05, 4.69) is 19.6 Å². The van der Waals surface area contributed by atoms with Crippen LogP contribution in [-0.2, 0) is 15.5 Å². The van der Waals surface area contributed by atoms with Crippen LogP contribution in [0.2, 0.25) is 0 Å². The first kappa shape index (κ1) is 26.3. The number of ether oxygens (including phenoxy) is 1. The van der Waals surface area contributed by atoms with E-state index in [0.29, 0.717) is 16.9 Å². The predicted octanol–water partition coefficient (Wildman–Crippen LogP) is 5.40. The second-order valence-electron chi connectivity index (χ2n) is 7.80. The van der Waals surface area contributed by atoms with E-state index in [4.69, 9.17) is 10.5 Å². The van der Waals surface area contributed by atoms with Gasteiger partial charge in [-0.2, -0.15) is 0 Å². The molecule has 0 saturated carbocycles. The third kappa shape index (κ3) is 7.61. The maximum atomic E-state index is 14.9. The number of benzene rings is 2. The third-order valence-corrected chi connectivity index (χ3v) is 6.85. The number of anilines is 2. The minimum absolute atomic E-state index is 0.0376. The molecule has 0 atom stereocenters. The number of carbonyl (C=O) groups excluding carboxylic acids is 1. The highest BCUT2D eigenvalue weighted by atomic mass is 32.2. The minimum atomic E-state index is -2.46. The molecule has 0 spiro atoms. The normalized spacial score (nSPS) is 13.4. The van der Waals surface area contributed by atoms with Crippen LogP contribution >= 0.6 is 0 Å². The molecule has 7 nitrogen and oxygen atoms in total. The predicted molar refractivity (Wildman–Crippen MR) is 129 cm³/mol. The monoisotopic (exact) mass is 511 g/mol. The summed E-state index contributed by atoms with van der Waals surface area (Å²) in [6.45, 7) is 1.94. The average Bonchev–Trinajstić information content (AvgIpc) is 2.76. The van der Waals surface area contributed by atoms with Crippen LogP contribution in [0.4, 0.5) is 34.8 Å². The fraction of sp³-hybridized carbons (Fsp3) is 0.348. The summed E-state index contributed by atoms with van der Waals surface area (Å²) < 4.78 is 61.2. The van der Waals surface area contributed by atoms with E-state index in [0.717, 1.165) is 30.9 Å². The van der Waals surface area contributed by atoms with Crippen LogP contribution in [-0.4, -0.2) is 39.9 Å². The fourth-order valence-corrected chi connectivity index (χ4v) is 3.92. The Bertz CT molecular complexity index is 1240. The first-order chi connectivity index (χ1) is 16.6. The van der Waals surface area contributed by atoms with Gasteiger partial charge in [-0.3, -0.25) is 4.79 Å². The van der Waals surface area contributed by atoms with Gasteiger partial charge in [-0.05, 0) is 31.5 Å². The zero-order valence-corrected chi connectivity index (χ0v) is 20.0. The van der Waals surface area contributed by atoms with E-state index in [-0.39, 0.29) is 34.1 Å². The van der Waals surface area contributed by atoms with Gasteiger partial charge < -0.3 is 15.8 Å². The fourth-order valence-electron chi connectivity index (χ4n) is 2.78. The number of rotatable bonds is 7.